The molecular formula is C12H18N2O. The highest BCUT2D eigenvalue weighted by Gasteiger charge is 2.29. The van der Waals surface area contributed by atoms with Crippen molar-refractivity contribution in [1.82, 2.24) is 0 Å². The van der Waals surface area contributed by atoms with Gasteiger partial charge in [0, 0.05) is 12.6 Å². The van der Waals surface area contributed by atoms with Gasteiger partial charge < -0.3 is 15.7 Å². The predicted octanol–water partition coefficient (Wildman–Crippen LogP) is 1.54. The zero-order valence-electron chi connectivity index (χ0n) is 9.11. The minimum Gasteiger partial charge on any atom is -0.397 e. The molecule has 1 fully saturated rings. The molecule has 1 aliphatic carbocycles. The number of hydrogen-bond acceptors (Lipinski definition) is 3. The normalized spacial score (nSPS) is 15.3. The maximum Gasteiger partial charge on any atom is 0.0606 e. The molecule has 3 nitrogen and oxygen atoms in total. The van der Waals surface area contributed by atoms with Gasteiger partial charge in [-0.15, -0.1) is 0 Å². The SMILES string of the molecule is Cc1cccc(N(CCO)C2CC2)c1N. The Morgan fingerprint density at radius 1 is 1.47 bits per heavy atom. The molecule has 0 unspecified atom stereocenters. The summed E-state index contributed by atoms with van der Waals surface area (Å²) in [7, 11) is 0. The van der Waals surface area contributed by atoms with Gasteiger partial charge in [-0.1, -0.05) is 12.1 Å². The van der Waals surface area contributed by atoms with Crippen LogP contribution >= 0.6 is 0 Å². The van der Waals surface area contributed by atoms with Crippen LogP contribution in [0.15, 0.2) is 18.2 Å². The molecule has 82 valence electrons. The van der Waals surface area contributed by atoms with Gasteiger partial charge in [-0.3, -0.25) is 0 Å². The van der Waals surface area contributed by atoms with E-state index in [1.807, 2.05) is 25.1 Å². The topological polar surface area (TPSA) is 49.5 Å². The zero-order valence-corrected chi connectivity index (χ0v) is 9.11. The highest BCUT2D eigenvalue weighted by molar-refractivity contribution is 5.71. The van der Waals surface area contributed by atoms with Crippen molar-refractivity contribution in [2.24, 2.45) is 0 Å². The molecule has 0 saturated heterocycles. The Kier molecular flexibility index (Phi) is 2.82. The van der Waals surface area contributed by atoms with Gasteiger partial charge in [-0.2, -0.15) is 0 Å². The lowest BCUT2D eigenvalue weighted by Gasteiger charge is -2.25. The summed E-state index contributed by atoms with van der Waals surface area (Å²) in [4.78, 5) is 2.22. The van der Waals surface area contributed by atoms with Crippen LogP contribution in [0.4, 0.5) is 11.4 Å². The lowest BCUT2D eigenvalue weighted by Crippen LogP contribution is -2.29. The van der Waals surface area contributed by atoms with Crippen molar-refractivity contribution >= 4 is 11.4 Å². The number of nitrogens with zero attached hydrogens (tertiary/aromatic N) is 1. The third kappa shape index (κ3) is 2.07. The van der Waals surface area contributed by atoms with E-state index in [-0.39, 0.29) is 6.61 Å². The molecular weight excluding hydrogens is 188 g/mol. The summed E-state index contributed by atoms with van der Waals surface area (Å²) in [6, 6.07) is 6.66. The fraction of sp³-hybridized carbons (Fsp3) is 0.500. The number of para-hydroxylation sites is 1. The summed E-state index contributed by atoms with van der Waals surface area (Å²) in [5.74, 6) is 0. The Morgan fingerprint density at radius 2 is 2.20 bits per heavy atom. The number of benzene rings is 1. The van der Waals surface area contributed by atoms with Crippen molar-refractivity contribution in [3.05, 3.63) is 23.8 Å². The standard InChI is InChI=1S/C12H18N2O/c1-9-3-2-4-11(12(9)13)14(7-8-15)10-5-6-10/h2-4,10,15H,5-8,13H2,1H3. The molecule has 0 atom stereocenters. The van der Waals surface area contributed by atoms with E-state index < -0.39 is 0 Å². The lowest BCUT2D eigenvalue weighted by atomic mass is 10.1. The number of aliphatic hydroxyl groups is 1. The van der Waals surface area contributed by atoms with E-state index in [1.165, 1.54) is 12.8 Å². The van der Waals surface area contributed by atoms with Crippen LogP contribution in [0.3, 0.4) is 0 Å². The molecule has 15 heavy (non-hydrogen) atoms. The minimum absolute atomic E-state index is 0.184. The number of aliphatic hydroxyl groups excluding tert-OH is 1. The summed E-state index contributed by atoms with van der Waals surface area (Å²) in [6.45, 7) is 2.88. The number of nitrogens with two attached hydrogens (primary N) is 1. The van der Waals surface area contributed by atoms with Gasteiger partial charge in [0.25, 0.3) is 0 Å². The molecule has 0 heterocycles. The number of anilines is 2. The van der Waals surface area contributed by atoms with Crippen molar-refractivity contribution in [1.29, 1.82) is 0 Å². The number of hydrogen-bond donors (Lipinski definition) is 2. The fourth-order valence-electron chi connectivity index (χ4n) is 1.91. The first-order valence-corrected chi connectivity index (χ1v) is 5.46. The molecule has 0 bridgehead atoms. The second kappa shape index (κ2) is 4.11. The van der Waals surface area contributed by atoms with E-state index in [0.29, 0.717) is 12.6 Å². The van der Waals surface area contributed by atoms with Gasteiger partial charge in [0.1, 0.15) is 0 Å². The van der Waals surface area contributed by atoms with E-state index >= 15 is 0 Å². The van der Waals surface area contributed by atoms with Crippen LogP contribution in [0.1, 0.15) is 18.4 Å². The molecule has 2 rings (SSSR count). The van der Waals surface area contributed by atoms with E-state index in [9.17, 15) is 0 Å². The summed E-state index contributed by atoms with van der Waals surface area (Å²) in [6.07, 6.45) is 2.43. The van der Waals surface area contributed by atoms with Crippen molar-refractivity contribution in [3.63, 3.8) is 0 Å². The van der Waals surface area contributed by atoms with Gasteiger partial charge >= 0.3 is 0 Å². The molecule has 0 radical (unpaired) electrons. The first-order valence-electron chi connectivity index (χ1n) is 5.46. The van der Waals surface area contributed by atoms with Gasteiger partial charge in [0.2, 0.25) is 0 Å². The minimum atomic E-state index is 0.184. The Morgan fingerprint density at radius 3 is 2.80 bits per heavy atom. The molecule has 1 aromatic rings. The summed E-state index contributed by atoms with van der Waals surface area (Å²) in [5.41, 5.74) is 9.08. The fourth-order valence-corrected chi connectivity index (χ4v) is 1.91. The molecule has 1 aliphatic rings. The van der Waals surface area contributed by atoms with Gasteiger partial charge in [0.15, 0.2) is 0 Å². The molecule has 1 saturated carbocycles. The largest absolute Gasteiger partial charge is 0.397 e. The van der Waals surface area contributed by atoms with E-state index in [4.69, 9.17) is 10.8 Å². The smallest absolute Gasteiger partial charge is 0.0606 e. The number of aryl methyl sites for hydroxylation is 1. The monoisotopic (exact) mass is 206 g/mol. The third-order valence-electron chi connectivity index (χ3n) is 2.94. The molecule has 1 aromatic carbocycles. The Hall–Kier alpha value is -1.22. The maximum absolute atomic E-state index is 9.05. The van der Waals surface area contributed by atoms with Crippen LogP contribution in [-0.4, -0.2) is 24.3 Å². The van der Waals surface area contributed by atoms with Crippen molar-refractivity contribution in [3.8, 4) is 0 Å². The van der Waals surface area contributed by atoms with Crippen LogP contribution in [0, 0.1) is 6.92 Å². The Balaban J connectivity index is 2.28. The average molecular weight is 206 g/mol. The highest BCUT2D eigenvalue weighted by atomic mass is 16.3. The van der Waals surface area contributed by atoms with Gasteiger partial charge in [-0.25, -0.2) is 0 Å². The van der Waals surface area contributed by atoms with E-state index in [1.54, 1.807) is 0 Å². The first kappa shape index (κ1) is 10.3. The molecule has 0 aliphatic heterocycles. The number of rotatable bonds is 4. The highest BCUT2D eigenvalue weighted by Crippen LogP contribution is 2.35. The zero-order chi connectivity index (χ0) is 10.8. The van der Waals surface area contributed by atoms with E-state index in [0.717, 1.165) is 16.9 Å². The second-order valence-corrected chi connectivity index (χ2v) is 4.16. The Bertz CT molecular complexity index is 347. The summed E-state index contributed by atoms with van der Waals surface area (Å²) >= 11 is 0. The molecule has 0 aromatic heterocycles. The second-order valence-electron chi connectivity index (χ2n) is 4.16. The lowest BCUT2D eigenvalue weighted by molar-refractivity contribution is 0.301. The molecule has 0 spiro atoms. The van der Waals surface area contributed by atoms with Crippen molar-refractivity contribution in [2.75, 3.05) is 23.8 Å². The van der Waals surface area contributed by atoms with Crippen molar-refractivity contribution in [2.45, 2.75) is 25.8 Å². The Labute approximate surface area is 90.5 Å². The average Bonchev–Trinajstić information content (AvgIpc) is 3.03. The van der Waals surface area contributed by atoms with Crippen LogP contribution < -0.4 is 10.6 Å². The van der Waals surface area contributed by atoms with Gasteiger partial charge in [-0.05, 0) is 31.4 Å². The number of nitrogen functional groups attached to an aromatic ring is 1. The summed E-state index contributed by atoms with van der Waals surface area (Å²) in [5, 5.41) is 9.05. The quantitative estimate of drug-likeness (QED) is 0.735. The third-order valence-corrected chi connectivity index (χ3v) is 2.94. The van der Waals surface area contributed by atoms with E-state index in [2.05, 4.69) is 4.90 Å². The maximum atomic E-state index is 9.05. The summed E-state index contributed by atoms with van der Waals surface area (Å²) < 4.78 is 0. The molecule has 3 heteroatoms. The van der Waals surface area contributed by atoms with Crippen LogP contribution in [0.25, 0.3) is 0 Å². The van der Waals surface area contributed by atoms with Gasteiger partial charge in [0.05, 0.1) is 18.0 Å². The van der Waals surface area contributed by atoms with Crippen LogP contribution in [0.2, 0.25) is 0 Å². The van der Waals surface area contributed by atoms with Crippen LogP contribution in [-0.2, 0) is 0 Å². The van der Waals surface area contributed by atoms with Crippen LogP contribution in [0.5, 0.6) is 0 Å². The predicted molar refractivity (Wildman–Crippen MR) is 63.0 cm³/mol. The van der Waals surface area contributed by atoms with Crippen molar-refractivity contribution < 1.29 is 5.11 Å². The molecule has 0 amide bonds. The molecule has 3 N–H and O–H groups in total. The first-order chi connectivity index (χ1) is 7.24.